The Bertz CT molecular complexity index is 929. The number of halogens is 1. The van der Waals surface area contributed by atoms with Crippen LogP contribution >= 0.6 is 0 Å². The molecule has 8 nitrogen and oxygen atoms in total. The lowest BCUT2D eigenvalue weighted by atomic mass is 10.2. The molecule has 0 radical (unpaired) electrons. The highest BCUT2D eigenvalue weighted by Crippen LogP contribution is 2.29. The van der Waals surface area contributed by atoms with Crippen molar-refractivity contribution in [1.29, 1.82) is 0 Å². The third-order valence-electron chi connectivity index (χ3n) is 3.46. The summed E-state index contributed by atoms with van der Waals surface area (Å²) < 4.78 is 20.4. The van der Waals surface area contributed by atoms with Crippen LogP contribution in [0.2, 0.25) is 0 Å². The molecule has 26 heavy (non-hydrogen) atoms. The summed E-state index contributed by atoms with van der Waals surface area (Å²) in [5.74, 6) is -0.844. The molecule has 1 aromatic heterocycles. The van der Waals surface area contributed by atoms with Crippen molar-refractivity contribution in [3.63, 3.8) is 0 Å². The van der Waals surface area contributed by atoms with E-state index in [2.05, 4.69) is 10.4 Å². The highest BCUT2D eigenvalue weighted by atomic mass is 19.1. The summed E-state index contributed by atoms with van der Waals surface area (Å²) in [6.07, 6.45) is 2.01. The SMILES string of the molecule is O=C(Nc1cc(-n2cccn2)c(F)cc1[N+](=O)[O-])OCc1ccccc1. The van der Waals surface area contributed by atoms with Crippen LogP contribution in [0.1, 0.15) is 5.56 Å². The Kier molecular flexibility index (Phi) is 4.88. The predicted molar refractivity (Wildman–Crippen MR) is 90.4 cm³/mol. The van der Waals surface area contributed by atoms with Crippen molar-refractivity contribution >= 4 is 17.5 Å². The second kappa shape index (κ2) is 7.43. The zero-order valence-electron chi connectivity index (χ0n) is 13.3. The second-order valence-electron chi connectivity index (χ2n) is 5.22. The van der Waals surface area contributed by atoms with Gasteiger partial charge in [0.25, 0.3) is 5.69 Å². The molecule has 0 bridgehead atoms. The van der Waals surface area contributed by atoms with Gasteiger partial charge in [0.05, 0.1) is 11.0 Å². The molecule has 0 saturated heterocycles. The number of ether oxygens (including phenoxy) is 1. The fourth-order valence-corrected chi connectivity index (χ4v) is 2.26. The number of carbonyl (C=O) groups is 1. The molecule has 1 N–H and O–H groups in total. The van der Waals surface area contributed by atoms with Gasteiger partial charge in [-0.2, -0.15) is 5.10 Å². The zero-order valence-corrected chi connectivity index (χ0v) is 13.3. The predicted octanol–water partition coefficient (Wildman–Crippen LogP) is 3.67. The average Bonchev–Trinajstić information content (AvgIpc) is 3.16. The van der Waals surface area contributed by atoms with E-state index >= 15 is 0 Å². The number of aromatic nitrogens is 2. The number of hydrogen-bond acceptors (Lipinski definition) is 5. The summed E-state index contributed by atoms with van der Waals surface area (Å²) in [5, 5.41) is 17.3. The second-order valence-corrected chi connectivity index (χ2v) is 5.22. The minimum Gasteiger partial charge on any atom is -0.444 e. The molecule has 0 aliphatic heterocycles. The lowest BCUT2D eigenvalue weighted by molar-refractivity contribution is -0.384. The molecule has 3 aromatic rings. The molecule has 0 fully saturated rings. The van der Waals surface area contributed by atoms with Crippen LogP contribution < -0.4 is 5.32 Å². The molecule has 3 rings (SSSR count). The molecule has 0 saturated carbocycles. The number of rotatable bonds is 5. The van der Waals surface area contributed by atoms with Crippen LogP contribution in [0.25, 0.3) is 5.69 Å². The monoisotopic (exact) mass is 356 g/mol. The smallest absolute Gasteiger partial charge is 0.412 e. The third kappa shape index (κ3) is 3.83. The van der Waals surface area contributed by atoms with Gasteiger partial charge in [-0.25, -0.2) is 13.9 Å². The summed E-state index contributed by atoms with van der Waals surface area (Å²) in [6, 6.07) is 12.4. The summed E-state index contributed by atoms with van der Waals surface area (Å²) in [7, 11) is 0. The van der Waals surface area contributed by atoms with Crippen LogP contribution in [0.4, 0.5) is 20.6 Å². The van der Waals surface area contributed by atoms with E-state index in [0.717, 1.165) is 17.7 Å². The van der Waals surface area contributed by atoms with Crippen molar-refractivity contribution in [2.75, 3.05) is 5.32 Å². The highest BCUT2D eigenvalue weighted by Gasteiger charge is 2.21. The Morgan fingerprint density at radius 3 is 2.69 bits per heavy atom. The van der Waals surface area contributed by atoms with Gasteiger partial charge in [-0.15, -0.1) is 0 Å². The number of hydrogen-bond donors (Lipinski definition) is 1. The first-order valence-electron chi connectivity index (χ1n) is 7.50. The van der Waals surface area contributed by atoms with Crippen molar-refractivity contribution in [3.05, 3.63) is 82.4 Å². The molecule has 9 heteroatoms. The van der Waals surface area contributed by atoms with Crippen molar-refractivity contribution in [2.45, 2.75) is 6.61 Å². The molecule has 132 valence electrons. The minimum atomic E-state index is -0.894. The third-order valence-corrected chi connectivity index (χ3v) is 3.46. The molecule has 0 atom stereocenters. The standard InChI is InChI=1S/C17H13FN4O4/c18-13-9-16(22(24)25)14(10-15(13)21-8-4-7-19-21)20-17(23)26-11-12-5-2-1-3-6-12/h1-10H,11H2,(H,20,23). The zero-order chi connectivity index (χ0) is 18.5. The van der Waals surface area contributed by atoms with E-state index in [1.165, 1.54) is 17.1 Å². The van der Waals surface area contributed by atoms with Crippen LogP contribution in [0, 0.1) is 15.9 Å². The van der Waals surface area contributed by atoms with Crippen LogP contribution in [-0.2, 0) is 11.3 Å². The lowest BCUT2D eigenvalue weighted by Gasteiger charge is -2.10. The maximum atomic E-state index is 14.2. The maximum Gasteiger partial charge on any atom is 0.412 e. The van der Waals surface area contributed by atoms with E-state index in [9.17, 15) is 19.3 Å². The number of nitro groups is 1. The van der Waals surface area contributed by atoms with E-state index in [1.54, 1.807) is 30.3 Å². The molecule has 0 aliphatic carbocycles. The largest absolute Gasteiger partial charge is 0.444 e. The quantitative estimate of drug-likeness (QED) is 0.555. The number of nitrogens with one attached hydrogen (secondary N) is 1. The van der Waals surface area contributed by atoms with Gasteiger partial charge in [0.2, 0.25) is 0 Å². The van der Waals surface area contributed by atoms with E-state index < -0.39 is 22.5 Å². The van der Waals surface area contributed by atoms with Gasteiger partial charge in [0, 0.05) is 12.4 Å². The Morgan fingerprint density at radius 2 is 2.04 bits per heavy atom. The van der Waals surface area contributed by atoms with Crippen molar-refractivity contribution in [3.8, 4) is 5.69 Å². The lowest BCUT2D eigenvalue weighted by Crippen LogP contribution is -2.15. The maximum absolute atomic E-state index is 14.2. The van der Waals surface area contributed by atoms with Gasteiger partial charge in [0.1, 0.15) is 18.0 Å². The highest BCUT2D eigenvalue weighted by molar-refractivity contribution is 5.88. The van der Waals surface area contributed by atoms with Crippen LogP contribution in [0.5, 0.6) is 0 Å². The summed E-state index contributed by atoms with van der Waals surface area (Å²) >= 11 is 0. The number of benzene rings is 2. The Balaban J connectivity index is 1.82. The first-order valence-corrected chi connectivity index (χ1v) is 7.50. The molecule has 1 heterocycles. The molecule has 2 aromatic carbocycles. The first kappa shape index (κ1) is 17.1. The topological polar surface area (TPSA) is 99.3 Å². The molecular formula is C17H13FN4O4. The summed E-state index contributed by atoms with van der Waals surface area (Å²) in [6.45, 7) is -0.00627. The Morgan fingerprint density at radius 1 is 1.27 bits per heavy atom. The summed E-state index contributed by atoms with van der Waals surface area (Å²) in [5.41, 5.74) is -0.0672. The van der Waals surface area contributed by atoms with E-state index in [0.29, 0.717) is 0 Å². The van der Waals surface area contributed by atoms with E-state index in [-0.39, 0.29) is 18.0 Å². The van der Waals surface area contributed by atoms with Gasteiger partial charge in [-0.1, -0.05) is 30.3 Å². The van der Waals surface area contributed by atoms with Gasteiger partial charge in [-0.3, -0.25) is 15.4 Å². The van der Waals surface area contributed by atoms with Crippen molar-refractivity contribution in [2.24, 2.45) is 0 Å². The van der Waals surface area contributed by atoms with E-state index in [1.807, 2.05) is 6.07 Å². The number of amides is 1. The fraction of sp³-hybridized carbons (Fsp3) is 0.0588. The van der Waals surface area contributed by atoms with Gasteiger partial charge < -0.3 is 4.74 Å². The average molecular weight is 356 g/mol. The van der Waals surface area contributed by atoms with Crippen LogP contribution in [0.3, 0.4) is 0 Å². The van der Waals surface area contributed by atoms with Gasteiger partial charge >= 0.3 is 6.09 Å². The van der Waals surface area contributed by atoms with Gasteiger partial charge in [0.15, 0.2) is 5.82 Å². The Labute approximate surface area is 147 Å². The number of carbonyl (C=O) groups excluding carboxylic acids is 1. The number of nitro benzene ring substituents is 1. The molecule has 0 unspecified atom stereocenters. The number of anilines is 1. The fourth-order valence-electron chi connectivity index (χ4n) is 2.26. The van der Waals surface area contributed by atoms with Crippen molar-refractivity contribution in [1.82, 2.24) is 9.78 Å². The first-order chi connectivity index (χ1) is 12.5. The molecular weight excluding hydrogens is 343 g/mol. The minimum absolute atomic E-state index is 0.00627. The molecule has 1 amide bonds. The van der Waals surface area contributed by atoms with Gasteiger partial charge in [-0.05, 0) is 17.7 Å². The number of nitrogens with zero attached hydrogens (tertiary/aromatic N) is 3. The van der Waals surface area contributed by atoms with Crippen molar-refractivity contribution < 1.29 is 18.8 Å². The summed E-state index contributed by atoms with van der Waals surface area (Å²) in [4.78, 5) is 22.3. The van der Waals surface area contributed by atoms with E-state index in [4.69, 9.17) is 4.74 Å². The van der Waals surface area contributed by atoms with Crippen LogP contribution in [0.15, 0.2) is 60.9 Å². The normalized spacial score (nSPS) is 10.3. The molecule has 0 spiro atoms. The molecule has 0 aliphatic rings. The Hall–Kier alpha value is -3.75. The van der Waals surface area contributed by atoms with Crippen LogP contribution in [-0.4, -0.2) is 20.8 Å².